The third-order valence-corrected chi connectivity index (χ3v) is 12.4. The Hall–Kier alpha value is -5.66. The second kappa shape index (κ2) is 16.9. The lowest BCUT2D eigenvalue weighted by molar-refractivity contribution is -0.138. The molecule has 2 aromatic heterocycles. The van der Waals surface area contributed by atoms with Crippen LogP contribution in [0.3, 0.4) is 0 Å². The molecule has 3 aliphatic rings. The van der Waals surface area contributed by atoms with Crippen LogP contribution < -0.4 is 10.6 Å². The Labute approximate surface area is 346 Å². The fraction of sp³-hybridized carbons (Fsp3) is 0.511. The fourth-order valence-corrected chi connectivity index (χ4v) is 9.08. The summed E-state index contributed by atoms with van der Waals surface area (Å²) in [5.74, 6) is 0.919. The molecule has 4 N–H and O–H groups in total. The normalized spacial score (nSPS) is 19.1. The number of nitrogens with zero attached hydrogens (tertiary/aromatic N) is 4. The van der Waals surface area contributed by atoms with Gasteiger partial charge in [0.1, 0.15) is 17.7 Å². The van der Waals surface area contributed by atoms with E-state index in [1.54, 1.807) is 6.92 Å². The lowest BCUT2D eigenvalue weighted by atomic mass is 9.81. The summed E-state index contributed by atoms with van der Waals surface area (Å²) in [4.78, 5) is 72.0. The SMILES string of the molecule is CCOC(=O)NCC(C(=O)N1CCCC1c1ncc(-c2ccc3c(c2)C(C)(C)c2cc(-c4cnc(C5CCCN5C(=O)C(NC(=O)OC)C(C)C)[nH]4)ccc2-3)[nH]1)C(C)C. The standard InChI is InChI=1S/C45H58N8O6/c1-9-59-43(56)48-22-31(25(2)3)41(54)52-18-10-12-36(52)39-46-23-34(49-39)27-14-16-29-30-17-15-28(21-33(30)45(6,7)32(29)20-27)35-24-47-40(50-35)37-13-11-19-53(37)42(55)38(26(4)5)51-44(57)58-8/h14-17,20-21,23-26,31,36-38H,9-13,18-19,22H2,1-8H3,(H,46,49)(H,47,50)(H,48,56)(H,51,57). The number of nitrogens with one attached hydrogen (secondary N) is 4. The van der Waals surface area contributed by atoms with Gasteiger partial charge in [-0.1, -0.05) is 65.8 Å². The largest absolute Gasteiger partial charge is 0.453 e. The van der Waals surface area contributed by atoms with Crippen LogP contribution in [0.4, 0.5) is 9.59 Å². The molecule has 4 aromatic rings. The monoisotopic (exact) mass is 806 g/mol. The number of fused-ring (bicyclic) bond motifs is 3. The number of methoxy groups -OCH3 is 1. The summed E-state index contributed by atoms with van der Waals surface area (Å²) in [6.07, 6.45) is 5.88. The summed E-state index contributed by atoms with van der Waals surface area (Å²) in [6, 6.07) is 12.0. The summed E-state index contributed by atoms with van der Waals surface area (Å²) < 4.78 is 9.82. The van der Waals surface area contributed by atoms with Crippen molar-refractivity contribution in [1.29, 1.82) is 0 Å². The zero-order valence-electron chi connectivity index (χ0n) is 35.5. The molecule has 314 valence electrons. The molecule has 0 spiro atoms. The molecule has 0 radical (unpaired) electrons. The predicted molar refractivity (Wildman–Crippen MR) is 224 cm³/mol. The molecule has 7 rings (SSSR count). The van der Waals surface area contributed by atoms with Crippen molar-refractivity contribution in [3.63, 3.8) is 0 Å². The zero-order valence-corrected chi connectivity index (χ0v) is 35.5. The number of aromatic nitrogens is 4. The minimum Gasteiger partial charge on any atom is -0.453 e. The maximum atomic E-state index is 13.9. The second-order valence-corrected chi connectivity index (χ2v) is 17.2. The van der Waals surface area contributed by atoms with Crippen molar-refractivity contribution in [1.82, 2.24) is 40.4 Å². The van der Waals surface area contributed by atoms with E-state index < -0.39 is 18.2 Å². The van der Waals surface area contributed by atoms with Crippen LogP contribution in [0.1, 0.15) is 109 Å². The molecule has 4 unspecified atom stereocenters. The Morgan fingerprint density at radius 3 is 1.80 bits per heavy atom. The minimum atomic E-state index is -0.695. The van der Waals surface area contributed by atoms with Crippen molar-refractivity contribution in [2.24, 2.45) is 17.8 Å². The summed E-state index contributed by atoms with van der Waals surface area (Å²) >= 11 is 0. The number of ether oxygens (including phenoxy) is 2. The lowest BCUT2D eigenvalue weighted by Crippen LogP contribution is -2.51. The molecule has 14 nitrogen and oxygen atoms in total. The maximum Gasteiger partial charge on any atom is 0.407 e. The van der Waals surface area contributed by atoms with Gasteiger partial charge >= 0.3 is 12.2 Å². The zero-order chi connectivity index (χ0) is 42.2. The Kier molecular flexibility index (Phi) is 11.9. The van der Waals surface area contributed by atoms with Crippen LogP contribution in [-0.2, 0) is 24.5 Å². The molecule has 0 bridgehead atoms. The van der Waals surface area contributed by atoms with E-state index in [9.17, 15) is 19.2 Å². The number of carbonyl (C=O) groups excluding carboxylic acids is 4. The molecule has 0 saturated carbocycles. The van der Waals surface area contributed by atoms with E-state index in [1.165, 1.54) is 29.4 Å². The number of amides is 4. The molecule has 4 atom stereocenters. The third kappa shape index (κ3) is 8.05. The number of hydrogen-bond donors (Lipinski definition) is 4. The molecule has 4 amide bonds. The number of rotatable bonds is 12. The van der Waals surface area contributed by atoms with E-state index in [1.807, 2.05) is 49.9 Å². The molecule has 2 fully saturated rings. The first-order valence-electron chi connectivity index (χ1n) is 21.0. The quantitative estimate of drug-likeness (QED) is 0.114. The highest BCUT2D eigenvalue weighted by molar-refractivity contribution is 5.87. The van der Waals surface area contributed by atoms with Crippen LogP contribution in [0, 0.1) is 17.8 Å². The molecule has 14 heteroatoms. The number of aromatic amines is 2. The smallest absolute Gasteiger partial charge is 0.407 e. The van der Waals surface area contributed by atoms with Crippen molar-refractivity contribution in [3.8, 4) is 33.6 Å². The molecule has 2 saturated heterocycles. The Balaban J connectivity index is 1.08. The molecule has 1 aliphatic carbocycles. The van der Waals surface area contributed by atoms with Crippen molar-refractivity contribution in [2.45, 2.75) is 97.7 Å². The highest BCUT2D eigenvalue weighted by Gasteiger charge is 2.40. The van der Waals surface area contributed by atoms with Crippen LogP contribution >= 0.6 is 0 Å². The average molecular weight is 807 g/mol. The lowest BCUT2D eigenvalue weighted by Gasteiger charge is -2.30. The van der Waals surface area contributed by atoms with Crippen molar-refractivity contribution >= 4 is 24.0 Å². The summed E-state index contributed by atoms with van der Waals surface area (Å²) in [5, 5.41) is 5.48. The van der Waals surface area contributed by atoms with Gasteiger partial charge in [-0.05, 0) is 90.0 Å². The van der Waals surface area contributed by atoms with Crippen LogP contribution in [0.2, 0.25) is 0 Å². The number of alkyl carbamates (subject to hydrolysis) is 2. The van der Waals surface area contributed by atoms with Gasteiger partial charge in [-0.15, -0.1) is 0 Å². The summed E-state index contributed by atoms with van der Waals surface area (Å²) in [7, 11) is 1.30. The maximum absolute atomic E-state index is 13.9. The first kappa shape index (κ1) is 41.5. The molecular weight excluding hydrogens is 749 g/mol. The fourth-order valence-electron chi connectivity index (χ4n) is 9.08. The number of hydrogen-bond acceptors (Lipinski definition) is 8. The highest BCUT2D eigenvalue weighted by atomic mass is 16.5. The Morgan fingerprint density at radius 2 is 1.32 bits per heavy atom. The van der Waals surface area contributed by atoms with E-state index in [0.717, 1.165) is 59.8 Å². The van der Waals surface area contributed by atoms with Crippen LogP contribution in [0.25, 0.3) is 33.6 Å². The van der Waals surface area contributed by atoms with Gasteiger partial charge in [-0.25, -0.2) is 19.6 Å². The number of imidazole rings is 2. The molecule has 4 heterocycles. The van der Waals surface area contributed by atoms with Crippen LogP contribution in [-0.4, -0.2) is 93.1 Å². The van der Waals surface area contributed by atoms with Crippen LogP contribution in [0.15, 0.2) is 48.8 Å². The summed E-state index contributed by atoms with van der Waals surface area (Å²) in [6.45, 7) is 15.8. The topological polar surface area (TPSA) is 175 Å². The number of carbonyl (C=O) groups is 4. The minimum absolute atomic E-state index is 0.0143. The Bertz CT molecular complexity index is 2210. The van der Waals surface area contributed by atoms with E-state index in [-0.39, 0.29) is 60.2 Å². The van der Waals surface area contributed by atoms with Gasteiger partial charge in [-0.3, -0.25) is 9.59 Å². The number of likely N-dealkylation sites (tertiary alicyclic amines) is 2. The van der Waals surface area contributed by atoms with Crippen molar-refractivity contribution in [3.05, 3.63) is 71.6 Å². The van der Waals surface area contributed by atoms with E-state index in [2.05, 4.69) is 70.8 Å². The van der Waals surface area contributed by atoms with Gasteiger partial charge in [0, 0.05) is 25.0 Å². The van der Waals surface area contributed by atoms with Crippen LogP contribution in [0.5, 0.6) is 0 Å². The van der Waals surface area contributed by atoms with Gasteiger partial charge < -0.3 is 39.9 Å². The predicted octanol–water partition coefficient (Wildman–Crippen LogP) is 7.50. The first-order valence-corrected chi connectivity index (χ1v) is 21.0. The molecular formula is C45H58N8O6. The summed E-state index contributed by atoms with van der Waals surface area (Å²) in [5.41, 5.74) is 8.32. The van der Waals surface area contributed by atoms with Gasteiger partial charge in [0.05, 0.1) is 55.5 Å². The van der Waals surface area contributed by atoms with Crippen molar-refractivity contribution in [2.75, 3.05) is 33.4 Å². The molecule has 2 aromatic carbocycles. The van der Waals surface area contributed by atoms with Gasteiger partial charge in [0.15, 0.2) is 0 Å². The number of benzene rings is 2. The van der Waals surface area contributed by atoms with Gasteiger partial charge in [0.25, 0.3) is 0 Å². The number of H-pyrrole nitrogens is 2. The average Bonchev–Trinajstić information content (AvgIpc) is 4.07. The van der Waals surface area contributed by atoms with Gasteiger partial charge in [0.2, 0.25) is 11.8 Å². The first-order chi connectivity index (χ1) is 28.2. The van der Waals surface area contributed by atoms with Crippen molar-refractivity contribution < 1.29 is 28.7 Å². The highest BCUT2D eigenvalue weighted by Crippen LogP contribution is 2.50. The molecule has 2 aliphatic heterocycles. The third-order valence-electron chi connectivity index (χ3n) is 12.4. The Morgan fingerprint density at radius 1 is 0.797 bits per heavy atom. The van der Waals surface area contributed by atoms with E-state index >= 15 is 0 Å². The molecule has 59 heavy (non-hydrogen) atoms. The van der Waals surface area contributed by atoms with E-state index in [0.29, 0.717) is 13.1 Å². The second-order valence-electron chi connectivity index (χ2n) is 17.2. The van der Waals surface area contributed by atoms with Gasteiger partial charge in [-0.2, -0.15) is 0 Å². The van der Waals surface area contributed by atoms with E-state index in [4.69, 9.17) is 19.4 Å².